The summed E-state index contributed by atoms with van der Waals surface area (Å²) in [5, 5.41) is 3.26. The van der Waals surface area contributed by atoms with Gasteiger partial charge in [0.1, 0.15) is 0 Å². The second-order valence-corrected chi connectivity index (χ2v) is 2.39. The molecule has 1 aromatic rings. The first kappa shape index (κ1) is 10.4. The van der Waals surface area contributed by atoms with E-state index in [-0.39, 0.29) is 17.0 Å². The van der Waals surface area contributed by atoms with Gasteiger partial charge in [-0.05, 0) is 6.92 Å². The van der Waals surface area contributed by atoms with Crippen molar-refractivity contribution >= 4 is 11.7 Å². The van der Waals surface area contributed by atoms with E-state index in [0.29, 0.717) is 0 Å². The molecule has 0 saturated heterocycles. The zero-order chi connectivity index (χ0) is 10.7. The standard InChI is InChI=1S/C7H9F2N3O2/c1-2-14-6(13)5-4(10)3-11-12(5)7(8)9/h3,7H,2,10H2,1H3. The summed E-state index contributed by atoms with van der Waals surface area (Å²) in [7, 11) is 0. The average Bonchev–Trinajstić information content (AvgIpc) is 2.47. The van der Waals surface area contributed by atoms with E-state index in [9.17, 15) is 13.6 Å². The van der Waals surface area contributed by atoms with Crippen molar-refractivity contribution in [1.29, 1.82) is 0 Å². The second kappa shape index (κ2) is 4.03. The number of alkyl halides is 2. The molecule has 0 saturated carbocycles. The quantitative estimate of drug-likeness (QED) is 0.748. The lowest BCUT2D eigenvalue weighted by molar-refractivity contribution is 0.0358. The predicted octanol–water partition coefficient (Wildman–Crippen LogP) is 1.04. The molecule has 0 bridgehead atoms. The van der Waals surface area contributed by atoms with Crippen LogP contribution in [-0.4, -0.2) is 22.4 Å². The van der Waals surface area contributed by atoms with Crippen LogP contribution in [0, 0.1) is 0 Å². The molecular weight excluding hydrogens is 196 g/mol. The summed E-state index contributed by atoms with van der Waals surface area (Å²) < 4.78 is 29.3. The van der Waals surface area contributed by atoms with Crippen molar-refractivity contribution in [2.75, 3.05) is 12.3 Å². The summed E-state index contributed by atoms with van der Waals surface area (Å²) in [6.45, 7) is -1.25. The Bertz CT molecular complexity index is 338. The Kier molecular flexibility index (Phi) is 3.00. The van der Waals surface area contributed by atoms with E-state index < -0.39 is 18.2 Å². The number of halogens is 2. The van der Waals surface area contributed by atoms with Crippen molar-refractivity contribution < 1.29 is 18.3 Å². The Balaban J connectivity index is 3.04. The van der Waals surface area contributed by atoms with Crippen LogP contribution in [0.25, 0.3) is 0 Å². The Hall–Kier alpha value is -1.66. The highest BCUT2D eigenvalue weighted by Gasteiger charge is 2.22. The van der Waals surface area contributed by atoms with Crippen LogP contribution in [0.15, 0.2) is 6.20 Å². The molecule has 0 radical (unpaired) electrons. The molecule has 0 aromatic carbocycles. The summed E-state index contributed by atoms with van der Waals surface area (Å²) in [5.41, 5.74) is 4.76. The fraction of sp³-hybridized carbons (Fsp3) is 0.429. The average molecular weight is 205 g/mol. The van der Waals surface area contributed by atoms with Gasteiger partial charge in [0.15, 0.2) is 5.69 Å². The summed E-state index contributed by atoms with van der Waals surface area (Å²) in [6, 6.07) is 0. The van der Waals surface area contributed by atoms with E-state index in [2.05, 4.69) is 9.84 Å². The van der Waals surface area contributed by atoms with Crippen LogP contribution in [0.2, 0.25) is 0 Å². The molecule has 0 aliphatic carbocycles. The number of hydrogen-bond donors (Lipinski definition) is 1. The summed E-state index contributed by atoms with van der Waals surface area (Å²) >= 11 is 0. The van der Waals surface area contributed by atoms with E-state index in [4.69, 9.17) is 5.73 Å². The fourth-order valence-corrected chi connectivity index (χ4v) is 0.934. The molecule has 0 unspecified atom stereocenters. The Labute approximate surface area is 78.4 Å². The zero-order valence-corrected chi connectivity index (χ0v) is 7.41. The SMILES string of the molecule is CCOC(=O)c1c(N)cnn1C(F)F. The van der Waals surface area contributed by atoms with E-state index >= 15 is 0 Å². The summed E-state index contributed by atoms with van der Waals surface area (Å²) in [6.07, 6.45) is 0.985. The van der Waals surface area contributed by atoms with Crippen LogP contribution in [0.3, 0.4) is 0 Å². The maximum absolute atomic E-state index is 12.3. The number of esters is 1. The van der Waals surface area contributed by atoms with Crippen molar-refractivity contribution in [2.24, 2.45) is 0 Å². The smallest absolute Gasteiger partial charge is 0.358 e. The third-order valence-corrected chi connectivity index (χ3v) is 1.48. The summed E-state index contributed by atoms with van der Waals surface area (Å²) in [4.78, 5) is 11.2. The maximum atomic E-state index is 12.3. The predicted molar refractivity (Wildman–Crippen MR) is 43.8 cm³/mol. The molecule has 78 valence electrons. The minimum Gasteiger partial charge on any atom is -0.461 e. The highest BCUT2D eigenvalue weighted by molar-refractivity contribution is 5.93. The van der Waals surface area contributed by atoms with Gasteiger partial charge < -0.3 is 10.5 Å². The molecular formula is C7H9F2N3O2. The molecule has 1 aromatic heterocycles. The van der Waals surface area contributed by atoms with Crippen molar-refractivity contribution in [3.63, 3.8) is 0 Å². The lowest BCUT2D eigenvalue weighted by atomic mass is 10.4. The van der Waals surface area contributed by atoms with Crippen LogP contribution in [0.4, 0.5) is 14.5 Å². The molecule has 0 fully saturated rings. The number of rotatable bonds is 3. The molecule has 0 aliphatic rings. The minimum absolute atomic E-state index is 0.0900. The van der Waals surface area contributed by atoms with Gasteiger partial charge in [-0.15, -0.1) is 0 Å². The topological polar surface area (TPSA) is 70.1 Å². The Morgan fingerprint density at radius 2 is 2.43 bits per heavy atom. The minimum atomic E-state index is -2.91. The Morgan fingerprint density at radius 3 is 2.93 bits per heavy atom. The van der Waals surface area contributed by atoms with E-state index in [1.807, 2.05) is 0 Å². The molecule has 7 heteroatoms. The molecule has 0 spiro atoms. The van der Waals surface area contributed by atoms with Gasteiger partial charge in [-0.3, -0.25) is 0 Å². The van der Waals surface area contributed by atoms with Crippen LogP contribution in [0.5, 0.6) is 0 Å². The van der Waals surface area contributed by atoms with Gasteiger partial charge in [0.25, 0.3) is 0 Å². The molecule has 5 nitrogen and oxygen atoms in total. The Morgan fingerprint density at radius 1 is 1.79 bits per heavy atom. The molecule has 1 rings (SSSR count). The van der Waals surface area contributed by atoms with E-state index in [0.717, 1.165) is 6.20 Å². The third-order valence-electron chi connectivity index (χ3n) is 1.48. The molecule has 14 heavy (non-hydrogen) atoms. The fourth-order valence-electron chi connectivity index (χ4n) is 0.934. The molecule has 0 amide bonds. The number of hydrogen-bond acceptors (Lipinski definition) is 4. The van der Waals surface area contributed by atoms with Gasteiger partial charge in [-0.1, -0.05) is 0 Å². The normalized spacial score (nSPS) is 10.6. The molecule has 0 aliphatic heterocycles. The number of nitrogens with zero attached hydrogens (tertiary/aromatic N) is 2. The maximum Gasteiger partial charge on any atom is 0.358 e. The highest BCUT2D eigenvalue weighted by Crippen LogP contribution is 2.18. The zero-order valence-electron chi connectivity index (χ0n) is 7.41. The van der Waals surface area contributed by atoms with E-state index in [1.165, 1.54) is 0 Å². The van der Waals surface area contributed by atoms with Crippen LogP contribution < -0.4 is 5.73 Å². The number of carbonyl (C=O) groups is 1. The van der Waals surface area contributed by atoms with Crippen molar-refractivity contribution in [1.82, 2.24) is 9.78 Å². The number of nitrogen functional groups attached to an aromatic ring is 1. The number of anilines is 1. The van der Waals surface area contributed by atoms with Gasteiger partial charge in [0.05, 0.1) is 18.5 Å². The van der Waals surface area contributed by atoms with Crippen LogP contribution in [0.1, 0.15) is 24.0 Å². The largest absolute Gasteiger partial charge is 0.461 e. The van der Waals surface area contributed by atoms with Crippen molar-refractivity contribution in [3.8, 4) is 0 Å². The lowest BCUT2D eigenvalue weighted by Crippen LogP contribution is -2.15. The number of aromatic nitrogens is 2. The van der Waals surface area contributed by atoms with Crippen molar-refractivity contribution in [2.45, 2.75) is 13.5 Å². The number of nitrogens with two attached hydrogens (primary N) is 1. The van der Waals surface area contributed by atoms with Gasteiger partial charge in [-0.2, -0.15) is 18.6 Å². The van der Waals surface area contributed by atoms with Gasteiger partial charge in [0.2, 0.25) is 0 Å². The first-order chi connectivity index (χ1) is 6.57. The third kappa shape index (κ3) is 1.81. The second-order valence-electron chi connectivity index (χ2n) is 2.39. The molecule has 1 heterocycles. The van der Waals surface area contributed by atoms with Gasteiger partial charge >= 0.3 is 12.5 Å². The van der Waals surface area contributed by atoms with Gasteiger partial charge in [0, 0.05) is 0 Å². The van der Waals surface area contributed by atoms with E-state index in [1.54, 1.807) is 6.92 Å². The molecule has 0 atom stereocenters. The first-order valence-corrected chi connectivity index (χ1v) is 3.86. The number of carbonyl (C=O) groups excluding carboxylic acids is 1. The monoisotopic (exact) mass is 205 g/mol. The van der Waals surface area contributed by atoms with Gasteiger partial charge in [-0.25, -0.2) is 4.79 Å². The lowest BCUT2D eigenvalue weighted by Gasteiger charge is -2.05. The molecule has 2 N–H and O–H groups in total. The highest BCUT2D eigenvalue weighted by atomic mass is 19.3. The first-order valence-electron chi connectivity index (χ1n) is 3.86. The van der Waals surface area contributed by atoms with Crippen LogP contribution >= 0.6 is 0 Å². The van der Waals surface area contributed by atoms with Crippen LogP contribution in [-0.2, 0) is 4.74 Å². The summed E-state index contributed by atoms with van der Waals surface area (Å²) in [5.74, 6) is -0.900. The number of ether oxygens (including phenoxy) is 1. The van der Waals surface area contributed by atoms with Crippen molar-refractivity contribution in [3.05, 3.63) is 11.9 Å².